The van der Waals surface area contributed by atoms with Gasteiger partial charge in [-0.1, -0.05) is 13.8 Å². The SMILES string of the molecule is CCCn1ncc(OC)c1C(NN)C1SCCSC1C. The van der Waals surface area contributed by atoms with Crippen molar-refractivity contribution in [3.63, 3.8) is 0 Å². The summed E-state index contributed by atoms with van der Waals surface area (Å²) >= 11 is 4.00. The van der Waals surface area contributed by atoms with Gasteiger partial charge in [-0.05, 0) is 6.42 Å². The van der Waals surface area contributed by atoms with Crippen LogP contribution in [0.15, 0.2) is 6.20 Å². The molecule has 7 heteroatoms. The van der Waals surface area contributed by atoms with E-state index in [2.05, 4.69) is 24.4 Å². The third-order valence-corrected chi connectivity index (χ3v) is 6.73. The summed E-state index contributed by atoms with van der Waals surface area (Å²) < 4.78 is 7.51. The summed E-state index contributed by atoms with van der Waals surface area (Å²) in [6, 6.07) is 0.0619. The minimum atomic E-state index is 0.0619. The Morgan fingerprint density at radius 2 is 2.30 bits per heavy atom. The van der Waals surface area contributed by atoms with Crippen LogP contribution in [0.5, 0.6) is 5.75 Å². The number of hydrogen-bond donors (Lipinski definition) is 2. The van der Waals surface area contributed by atoms with Crippen LogP contribution in [0.4, 0.5) is 0 Å². The Labute approximate surface area is 129 Å². The zero-order valence-corrected chi connectivity index (χ0v) is 14.0. The van der Waals surface area contributed by atoms with Crippen LogP contribution in [0, 0.1) is 0 Å². The molecule has 3 N–H and O–H groups in total. The number of hydrazine groups is 1. The zero-order valence-electron chi connectivity index (χ0n) is 12.3. The molecule has 5 nitrogen and oxygen atoms in total. The first-order valence-electron chi connectivity index (χ1n) is 7.01. The van der Waals surface area contributed by atoms with Gasteiger partial charge in [-0.3, -0.25) is 16.0 Å². The fourth-order valence-corrected chi connectivity index (χ4v) is 5.49. The molecule has 2 heterocycles. The molecule has 1 aliphatic rings. The van der Waals surface area contributed by atoms with Gasteiger partial charge < -0.3 is 4.74 Å². The van der Waals surface area contributed by atoms with Gasteiger partial charge in [0.25, 0.3) is 0 Å². The van der Waals surface area contributed by atoms with Gasteiger partial charge in [0.05, 0.1) is 25.0 Å². The smallest absolute Gasteiger partial charge is 0.161 e. The number of ether oxygens (including phenoxy) is 1. The van der Waals surface area contributed by atoms with Crippen molar-refractivity contribution in [2.75, 3.05) is 18.6 Å². The lowest BCUT2D eigenvalue weighted by atomic mass is 10.1. The lowest BCUT2D eigenvalue weighted by molar-refractivity contribution is 0.387. The van der Waals surface area contributed by atoms with E-state index in [0.717, 1.165) is 24.4 Å². The number of aromatic nitrogens is 2. The largest absolute Gasteiger partial charge is 0.493 e. The molecule has 0 aliphatic carbocycles. The fourth-order valence-electron chi connectivity index (χ4n) is 2.58. The number of methoxy groups -OCH3 is 1. The Morgan fingerprint density at radius 3 is 2.90 bits per heavy atom. The fraction of sp³-hybridized carbons (Fsp3) is 0.769. The van der Waals surface area contributed by atoms with Crippen molar-refractivity contribution in [2.24, 2.45) is 5.84 Å². The minimum Gasteiger partial charge on any atom is -0.493 e. The Hall–Kier alpha value is -0.370. The van der Waals surface area contributed by atoms with E-state index in [9.17, 15) is 0 Å². The molecule has 3 atom stereocenters. The van der Waals surface area contributed by atoms with Gasteiger partial charge in [0.2, 0.25) is 0 Å². The number of hydrogen-bond acceptors (Lipinski definition) is 6. The van der Waals surface area contributed by atoms with Crippen LogP contribution in [-0.2, 0) is 6.54 Å². The Morgan fingerprint density at radius 1 is 1.55 bits per heavy atom. The monoisotopic (exact) mass is 316 g/mol. The van der Waals surface area contributed by atoms with E-state index in [0.29, 0.717) is 10.5 Å². The summed E-state index contributed by atoms with van der Waals surface area (Å²) in [5.41, 5.74) is 4.08. The molecule has 0 amide bonds. The highest BCUT2D eigenvalue weighted by atomic mass is 32.2. The van der Waals surface area contributed by atoms with Gasteiger partial charge in [-0.2, -0.15) is 28.6 Å². The van der Waals surface area contributed by atoms with Crippen molar-refractivity contribution in [3.8, 4) is 5.75 Å². The normalized spacial score (nSPS) is 24.6. The summed E-state index contributed by atoms with van der Waals surface area (Å²) in [6.07, 6.45) is 2.83. The van der Waals surface area contributed by atoms with Crippen LogP contribution in [0.1, 0.15) is 32.0 Å². The van der Waals surface area contributed by atoms with Crippen molar-refractivity contribution in [3.05, 3.63) is 11.9 Å². The van der Waals surface area contributed by atoms with Crippen LogP contribution in [0.3, 0.4) is 0 Å². The number of aryl methyl sites for hydroxylation is 1. The van der Waals surface area contributed by atoms with Crippen LogP contribution in [0.25, 0.3) is 0 Å². The third-order valence-electron chi connectivity index (χ3n) is 3.54. The Kier molecular flexibility index (Phi) is 6.07. The first-order chi connectivity index (χ1) is 9.72. The molecule has 1 saturated heterocycles. The number of nitrogens with one attached hydrogen (secondary N) is 1. The topological polar surface area (TPSA) is 65.1 Å². The van der Waals surface area contributed by atoms with E-state index in [1.54, 1.807) is 13.3 Å². The summed E-state index contributed by atoms with van der Waals surface area (Å²) in [7, 11) is 1.69. The van der Waals surface area contributed by atoms with Crippen molar-refractivity contribution in [1.82, 2.24) is 15.2 Å². The average Bonchev–Trinajstić information content (AvgIpc) is 2.85. The molecule has 3 unspecified atom stereocenters. The number of nitrogens with zero attached hydrogens (tertiary/aromatic N) is 2. The van der Waals surface area contributed by atoms with Gasteiger partial charge in [0.1, 0.15) is 0 Å². The maximum Gasteiger partial charge on any atom is 0.161 e. The molecule has 1 aromatic heterocycles. The molecular formula is C13H24N4OS2. The number of thioether (sulfide) groups is 2. The quantitative estimate of drug-likeness (QED) is 0.618. The maximum atomic E-state index is 5.88. The molecule has 0 saturated carbocycles. The van der Waals surface area contributed by atoms with Crippen molar-refractivity contribution >= 4 is 23.5 Å². The molecule has 20 heavy (non-hydrogen) atoms. The molecular weight excluding hydrogens is 292 g/mol. The van der Waals surface area contributed by atoms with Gasteiger partial charge in [-0.15, -0.1) is 0 Å². The van der Waals surface area contributed by atoms with Gasteiger partial charge >= 0.3 is 0 Å². The molecule has 0 bridgehead atoms. The minimum absolute atomic E-state index is 0.0619. The Balaban J connectivity index is 2.31. The van der Waals surface area contributed by atoms with Gasteiger partial charge in [0, 0.05) is 28.6 Å². The highest BCUT2D eigenvalue weighted by Crippen LogP contribution is 2.40. The molecule has 2 rings (SSSR count). The van der Waals surface area contributed by atoms with Crippen LogP contribution < -0.4 is 16.0 Å². The lowest BCUT2D eigenvalue weighted by Gasteiger charge is -2.34. The number of rotatable bonds is 6. The molecule has 114 valence electrons. The molecule has 0 aromatic carbocycles. The van der Waals surface area contributed by atoms with Crippen molar-refractivity contribution in [1.29, 1.82) is 0 Å². The molecule has 1 fully saturated rings. The molecule has 1 aliphatic heterocycles. The van der Waals surface area contributed by atoms with Crippen LogP contribution in [0.2, 0.25) is 0 Å². The van der Waals surface area contributed by atoms with Gasteiger partial charge in [-0.25, -0.2) is 0 Å². The van der Waals surface area contributed by atoms with Crippen LogP contribution in [-0.4, -0.2) is 38.9 Å². The third kappa shape index (κ3) is 3.27. The second kappa shape index (κ2) is 7.59. The predicted molar refractivity (Wildman–Crippen MR) is 87.3 cm³/mol. The number of nitrogens with two attached hydrogens (primary N) is 1. The van der Waals surface area contributed by atoms with E-state index in [4.69, 9.17) is 10.6 Å². The van der Waals surface area contributed by atoms with E-state index in [1.165, 1.54) is 11.5 Å². The summed E-state index contributed by atoms with van der Waals surface area (Å²) in [5.74, 6) is 9.08. The highest BCUT2D eigenvalue weighted by Gasteiger charge is 2.34. The van der Waals surface area contributed by atoms with E-state index >= 15 is 0 Å². The molecule has 1 aromatic rings. The molecule has 0 radical (unpaired) electrons. The highest BCUT2D eigenvalue weighted by molar-refractivity contribution is 8.07. The van der Waals surface area contributed by atoms with E-state index in [-0.39, 0.29) is 6.04 Å². The lowest BCUT2D eigenvalue weighted by Crippen LogP contribution is -2.42. The van der Waals surface area contributed by atoms with Crippen molar-refractivity contribution in [2.45, 2.75) is 43.4 Å². The summed E-state index contributed by atoms with van der Waals surface area (Å²) in [5, 5.41) is 5.44. The Bertz CT molecular complexity index is 427. The average molecular weight is 316 g/mol. The first-order valence-corrected chi connectivity index (χ1v) is 9.11. The predicted octanol–water partition coefficient (Wildman–Crippen LogP) is 2.04. The zero-order chi connectivity index (χ0) is 14.5. The second-order valence-electron chi connectivity index (χ2n) is 4.88. The standard InChI is InChI=1S/C13H24N4OS2/c1-4-5-17-12(10(18-3)8-15-17)11(16-14)13-9(2)19-6-7-20-13/h8-9,11,13,16H,4-7,14H2,1-3H3. The van der Waals surface area contributed by atoms with Crippen molar-refractivity contribution < 1.29 is 4.74 Å². The summed E-state index contributed by atoms with van der Waals surface area (Å²) in [4.78, 5) is 0. The second-order valence-corrected chi connectivity index (χ2v) is 7.65. The van der Waals surface area contributed by atoms with E-state index in [1.807, 2.05) is 28.2 Å². The van der Waals surface area contributed by atoms with E-state index < -0.39 is 0 Å². The summed E-state index contributed by atoms with van der Waals surface area (Å²) in [6.45, 7) is 5.31. The van der Waals surface area contributed by atoms with Gasteiger partial charge in [0.15, 0.2) is 5.75 Å². The molecule has 0 spiro atoms. The maximum absolute atomic E-state index is 5.88. The first kappa shape index (κ1) is 16.0. The van der Waals surface area contributed by atoms with Crippen LogP contribution >= 0.6 is 23.5 Å².